The lowest BCUT2D eigenvalue weighted by Gasteiger charge is -2.50. The average Bonchev–Trinajstić information content (AvgIpc) is 2.80. The summed E-state index contributed by atoms with van der Waals surface area (Å²) in [6.45, 7) is 6.98. The van der Waals surface area contributed by atoms with Gasteiger partial charge < -0.3 is 5.11 Å². The van der Waals surface area contributed by atoms with Crippen molar-refractivity contribution >= 4 is 0 Å². The maximum atomic E-state index is 10.1. The molecule has 0 amide bonds. The molecule has 3 aromatic carbocycles. The van der Waals surface area contributed by atoms with E-state index in [1.54, 1.807) is 6.07 Å². The lowest BCUT2D eigenvalue weighted by molar-refractivity contribution is 0.0510. The number of phenolic OH excluding ortho intramolecular Hbond substituents is 1. The molecule has 0 spiro atoms. The summed E-state index contributed by atoms with van der Waals surface area (Å²) in [6, 6.07) is 30.2. The molecule has 0 radical (unpaired) electrons. The lowest BCUT2D eigenvalue weighted by atomic mass is 9.65. The van der Waals surface area contributed by atoms with Crippen molar-refractivity contribution in [2.75, 3.05) is 13.1 Å². The average molecular weight is 414 g/mol. The Morgan fingerprint density at radius 1 is 0.871 bits per heavy atom. The van der Waals surface area contributed by atoms with Gasteiger partial charge in [0.15, 0.2) is 0 Å². The second-order valence-electron chi connectivity index (χ2n) is 9.48. The van der Waals surface area contributed by atoms with Gasteiger partial charge in [-0.25, -0.2) is 0 Å². The first-order valence-corrected chi connectivity index (χ1v) is 11.7. The molecule has 3 aromatic rings. The monoisotopic (exact) mass is 413 g/mol. The molecule has 31 heavy (non-hydrogen) atoms. The highest BCUT2D eigenvalue weighted by Gasteiger charge is 2.42. The van der Waals surface area contributed by atoms with E-state index in [9.17, 15) is 5.11 Å². The molecule has 2 nitrogen and oxygen atoms in total. The van der Waals surface area contributed by atoms with Gasteiger partial charge in [-0.3, -0.25) is 4.90 Å². The van der Waals surface area contributed by atoms with E-state index in [0.29, 0.717) is 17.7 Å². The smallest absolute Gasteiger partial charge is 0.115 e. The van der Waals surface area contributed by atoms with E-state index in [-0.39, 0.29) is 5.41 Å². The normalized spacial score (nSPS) is 24.2. The van der Waals surface area contributed by atoms with Crippen LogP contribution in [0.2, 0.25) is 0 Å². The van der Waals surface area contributed by atoms with Crippen LogP contribution in [0, 0.1) is 5.92 Å². The fourth-order valence-corrected chi connectivity index (χ4v) is 5.24. The lowest BCUT2D eigenvalue weighted by Crippen LogP contribution is -2.53. The molecular formula is C29H35NO. The Bertz CT molecular complexity index is 955. The largest absolute Gasteiger partial charge is 0.508 e. The number of rotatable bonds is 7. The SMILES string of the molecule is C[C@H]1CN(CCc2ccccc2)[C@H](CCc2ccccc2)C[C@@]1(C)c1cccc(O)c1. The molecule has 1 saturated heterocycles. The van der Waals surface area contributed by atoms with Gasteiger partial charge in [-0.15, -0.1) is 0 Å². The summed E-state index contributed by atoms with van der Waals surface area (Å²) >= 11 is 0. The Kier molecular flexibility index (Phi) is 6.77. The van der Waals surface area contributed by atoms with Gasteiger partial charge in [-0.2, -0.15) is 0 Å². The quantitative estimate of drug-likeness (QED) is 0.496. The molecule has 4 rings (SSSR count). The maximum Gasteiger partial charge on any atom is 0.115 e. The van der Waals surface area contributed by atoms with Gasteiger partial charge in [-0.05, 0) is 65.8 Å². The predicted molar refractivity (Wildman–Crippen MR) is 130 cm³/mol. The molecule has 3 atom stereocenters. The Morgan fingerprint density at radius 2 is 1.52 bits per heavy atom. The molecular weight excluding hydrogens is 378 g/mol. The van der Waals surface area contributed by atoms with Crippen molar-refractivity contribution in [3.63, 3.8) is 0 Å². The summed E-state index contributed by atoms with van der Waals surface area (Å²) < 4.78 is 0. The third-order valence-electron chi connectivity index (χ3n) is 7.42. The zero-order valence-corrected chi connectivity index (χ0v) is 18.9. The third-order valence-corrected chi connectivity index (χ3v) is 7.42. The number of aromatic hydroxyl groups is 1. The Labute approximate surface area is 187 Å². The molecule has 162 valence electrons. The zero-order chi connectivity index (χ0) is 21.7. The fourth-order valence-electron chi connectivity index (χ4n) is 5.24. The maximum absolute atomic E-state index is 10.1. The van der Waals surface area contributed by atoms with Gasteiger partial charge in [0.25, 0.3) is 0 Å². The van der Waals surface area contributed by atoms with Crippen LogP contribution in [-0.2, 0) is 18.3 Å². The summed E-state index contributed by atoms with van der Waals surface area (Å²) in [4.78, 5) is 2.73. The van der Waals surface area contributed by atoms with E-state index in [4.69, 9.17) is 0 Å². The minimum atomic E-state index is 0.0728. The van der Waals surface area contributed by atoms with Gasteiger partial charge in [0.05, 0.1) is 0 Å². The summed E-state index contributed by atoms with van der Waals surface area (Å²) in [5.74, 6) is 0.899. The fraction of sp³-hybridized carbons (Fsp3) is 0.379. The second kappa shape index (κ2) is 9.70. The Hall–Kier alpha value is -2.58. The number of nitrogens with zero attached hydrogens (tertiary/aromatic N) is 1. The van der Waals surface area contributed by atoms with Gasteiger partial charge in [0.2, 0.25) is 0 Å². The van der Waals surface area contributed by atoms with Crippen LogP contribution in [0.25, 0.3) is 0 Å². The zero-order valence-electron chi connectivity index (χ0n) is 18.9. The number of benzene rings is 3. The molecule has 0 aromatic heterocycles. The molecule has 0 bridgehead atoms. The molecule has 1 aliphatic heterocycles. The van der Waals surface area contributed by atoms with Crippen LogP contribution < -0.4 is 0 Å². The first-order chi connectivity index (χ1) is 15.0. The molecule has 0 aliphatic carbocycles. The Balaban J connectivity index is 1.53. The molecule has 1 aliphatic rings. The van der Waals surface area contributed by atoms with E-state index in [0.717, 1.165) is 32.4 Å². The van der Waals surface area contributed by atoms with Gasteiger partial charge in [-0.1, -0.05) is 86.6 Å². The molecule has 1 N–H and O–H groups in total. The first-order valence-electron chi connectivity index (χ1n) is 11.7. The van der Waals surface area contributed by atoms with Gasteiger partial charge in [0, 0.05) is 19.1 Å². The number of piperidine rings is 1. The molecule has 1 fully saturated rings. The summed E-state index contributed by atoms with van der Waals surface area (Å²) in [7, 11) is 0. The highest BCUT2D eigenvalue weighted by atomic mass is 16.3. The topological polar surface area (TPSA) is 23.5 Å². The van der Waals surface area contributed by atoms with E-state index in [1.165, 1.54) is 23.1 Å². The first kappa shape index (κ1) is 21.6. The molecule has 0 saturated carbocycles. The standard InChI is InChI=1S/C29H35NO/c1-23-22-30(19-18-25-12-7-4-8-13-25)27(17-16-24-10-5-3-6-11-24)21-29(23,2)26-14-9-15-28(31)20-26/h3-15,20,23,27,31H,16-19,21-22H2,1-2H3/t23-,27+,29+/m0/s1. The highest BCUT2D eigenvalue weighted by Crippen LogP contribution is 2.43. The van der Waals surface area contributed by atoms with Crippen LogP contribution in [0.1, 0.15) is 43.4 Å². The number of aryl methyl sites for hydroxylation is 1. The summed E-state index contributed by atoms with van der Waals surface area (Å²) in [6.07, 6.45) is 4.50. The predicted octanol–water partition coefficient (Wildman–Crippen LogP) is 6.24. The van der Waals surface area contributed by atoms with Crippen LogP contribution in [0.4, 0.5) is 0 Å². The van der Waals surface area contributed by atoms with Crippen LogP contribution in [-0.4, -0.2) is 29.1 Å². The number of hydrogen-bond acceptors (Lipinski definition) is 2. The second-order valence-corrected chi connectivity index (χ2v) is 9.48. The van der Waals surface area contributed by atoms with E-state index in [1.807, 2.05) is 12.1 Å². The summed E-state index contributed by atoms with van der Waals surface area (Å²) in [5, 5.41) is 10.1. The van der Waals surface area contributed by atoms with Crippen LogP contribution in [0.15, 0.2) is 84.9 Å². The minimum absolute atomic E-state index is 0.0728. The van der Waals surface area contributed by atoms with E-state index < -0.39 is 0 Å². The third kappa shape index (κ3) is 5.19. The number of likely N-dealkylation sites (tertiary alicyclic amines) is 1. The van der Waals surface area contributed by atoms with Crippen molar-refractivity contribution in [2.45, 2.75) is 51.0 Å². The van der Waals surface area contributed by atoms with Crippen molar-refractivity contribution in [3.8, 4) is 5.75 Å². The molecule has 1 heterocycles. The minimum Gasteiger partial charge on any atom is -0.508 e. The molecule has 2 heteroatoms. The van der Waals surface area contributed by atoms with Crippen LogP contribution in [0.3, 0.4) is 0 Å². The van der Waals surface area contributed by atoms with Crippen LogP contribution in [0.5, 0.6) is 5.75 Å². The van der Waals surface area contributed by atoms with E-state index >= 15 is 0 Å². The highest BCUT2D eigenvalue weighted by molar-refractivity contribution is 5.34. The van der Waals surface area contributed by atoms with Gasteiger partial charge >= 0.3 is 0 Å². The molecule has 0 unspecified atom stereocenters. The van der Waals surface area contributed by atoms with Crippen molar-refractivity contribution < 1.29 is 5.11 Å². The van der Waals surface area contributed by atoms with Crippen molar-refractivity contribution in [2.24, 2.45) is 5.92 Å². The van der Waals surface area contributed by atoms with Crippen molar-refractivity contribution in [1.82, 2.24) is 4.90 Å². The van der Waals surface area contributed by atoms with Gasteiger partial charge in [0.1, 0.15) is 5.75 Å². The summed E-state index contributed by atoms with van der Waals surface area (Å²) in [5.41, 5.74) is 4.18. The number of hydrogen-bond donors (Lipinski definition) is 1. The Morgan fingerprint density at radius 3 is 2.16 bits per heavy atom. The van der Waals surface area contributed by atoms with Crippen LogP contribution >= 0.6 is 0 Å². The van der Waals surface area contributed by atoms with Crippen molar-refractivity contribution in [3.05, 3.63) is 102 Å². The van der Waals surface area contributed by atoms with Crippen molar-refractivity contribution in [1.29, 1.82) is 0 Å². The number of phenols is 1. The van der Waals surface area contributed by atoms with E-state index in [2.05, 4.69) is 85.5 Å².